The number of carbonyl (C=O) groups is 1. The van der Waals surface area contributed by atoms with Gasteiger partial charge in [0.05, 0.1) is 0 Å². The molecule has 0 saturated carbocycles. The maximum Gasteiger partial charge on any atom is 0.258 e. The van der Waals surface area contributed by atoms with Crippen LogP contribution in [0.4, 0.5) is 5.95 Å². The lowest BCUT2D eigenvalue weighted by atomic mass is 10.1. The summed E-state index contributed by atoms with van der Waals surface area (Å²) in [7, 11) is 0. The molecule has 2 N–H and O–H groups in total. The minimum absolute atomic E-state index is 0.228. The zero-order valence-electron chi connectivity index (χ0n) is 9.41. The van der Waals surface area contributed by atoms with Crippen LogP contribution in [0, 0.1) is 13.8 Å². The Morgan fingerprint density at radius 1 is 1.35 bits per heavy atom. The van der Waals surface area contributed by atoms with E-state index in [1.807, 2.05) is 13.0 Å². The van der Waals surface area contributed by atoms with E-state index in [2.05, 4.69) is 36.4 Å². The maximum absolute atomic E-state index is 11.9. The highest BCUT2D eigenvalue weighted by Crippen LogP contribution is 2.16. The highest BCUT2D eigenvalue weighted by molar-refractivity contribution is 9.10. The van der Waals surface area contributed by atoms with Gasteiger partial charge in [-0.05, 0) is 37.6 Å². The van der Waals surface area contributed by atoms with E-state index in [-0.39, 0.29) is 11.9 Å². The van der Waals surface area contributed by atoms with Crippen LogP contribution in [0.15, 0.2) is 22.7 Å². The molecule has 5 nitrogen and oxygen atoms in total. The number of amides is 1. The summed E-state index contributed by atoms with van der Waals surface area (Å²) in [6.45, 7) is 3.70. The average Bonchev–Trinajstić information content (AvgIpc) is 2.62. The van der Waals surface area contributed by atoms with Crippen molar-refractivity contribution in [3.05, 3.63) is 39.6 Å². The van der Waals surface area contributed by atoms with Gasteiger partial charge in [-0.25, -0.2) is 0 Å². The van der Waals surface area contributed by atoms with Gasteiger partial charge in [0, 0.05) is 10.0 Å². The fraction of sp³-hybridized carbons (Fsp3) is 0.182. The molecule has 0 aliphatic rings. The van der Waals surface area contributed by atoms with E-state index in [0.717, 1.165) is 10.0 Å². The Morgan fingerprint density at radius 2 is 2.12 bits per heavy atom. The largest absolute Gasteiger partial charge is 0.289 e. The third-order valence-electron chi connectivity index (χ3n) is 2.13. The van der Waals surface area contributed by atoms with Crippen molar-refractivity contribution >= 4 is 27.8 Å². The number of hydrogen-bond acceptors (Lipinski definition) is 3. The van der Waals surface area contributed by atoms with E-state index in [1.165, 1.54) is 0 Å². The van der Waals surface area contributed by atoms with Crippen LogP contribution in [0.1, 0.15) is 21.7 Å². The summed E-state index contributed by atoms with van der Waals surface area (Å²) < 4.78 is 0.869. The summed E-state index contributed by atoms with van der Waals surface area (Å²) in [5.74, 6) is 0.712. The fourth-order valence-corrected chi connectivity index (χ4v) is 2.05. The number of rotatable bonds is 2. The van der Waals surface area contributed by atoms with Crippen LogP contribution in [0.2, 0.25) is 0 Å². The van der Waals surface area contributed by atoms with E-state index < -0.39 is 0 Å². The zero-order chi connectivity index (χ0) is 12.4. The lowest BCUT2D eigenvalue weighted by molar-refractivity contribution is 0.102. The van der Waals surface area contributed by atoms with Gasteiger partial charge in [-0.2, -0.15) is 4.98 Å². The topological polar surface area (TPSA) is 70.7 Å². The van der Waals surface area contributed by atoms with Crippen LogP contribution in [-0.2, 0) is 0 Å². The molecular formula is C11H11BrN4O. The van der Waals surface area contributed by atoms with Gasteiger partial charge in [-0.3, -0.25) is 15.2 Å². The van der Waals surface area contributed by atoms with Gasteiger partial charge in [-0.1, -0.05) is 15.9 Å². The Morgan fingerprint density at radius 3 is 2.71 bits per heavy atom. The third-order valence-corrected chi connectivity index (χ3v) is 2.58. The predicted octanol–water partition coefficient (Wildman–Crippen LogP) is 2.44. The lowest BCUT2D eigenvalue weighted by Crippen LogP contribution is -2.13. The van der Waals surface area contributed by atoms with Crippen LogP contribution < -0.4 is 5.32 Å². The Balaban J connectivity index is 2.19. The second-order valence-electron chi connectivity index (χ2n) is 3.72. The highest BCUT2D eigenvalue weighted by atomic mass is 79.9. The minimum atomic E-state index is -0.228. The molecule has 1 aromatic carbocycles. The Kier molecular flexibility index (Phi) is 3.23. The Labute approximate surface area is 107 Å². The number of hydrogen-bond donors (Lipinski definition) is 2. The molecule has 0 atom stereocenters. The third kappa shape index (κ3) is 2.91. The number of benzene rings is 1. The maximum atomic E-state index is 11.9. The van der Waals surface area contributed by atoms with E-state index in [9.17, 15) is 4.79 Å². The first-order chi connectivity index (χ1) is 8.04. The Bertz CT molecular complexity index is 544. The number of H-pyrrole nitrogens is 1. The molecule has 6 heteroatoms. The summed E-state index contributed by atoms with van der Waals surface area (Å²) in [4.78, 5) is 15.9. The van der Waals surface area contributed by atoms with Gasteiger partial charge in [0.15, 0.2) is 0 Å². The van der Waals surface area contributed by atoms with Crippen molar-refractivity contribution in [1.82, 2.24) is 15.2 Å². The number of aryl methyl sites for hydroxylation is 2. The lowest BCUT2D eigenvalue weighted by Gasteiger charge is -2.03. The molecule has 0 radical (unpaired) electrons. The van der Waals surface area contributed by atoms with Crippen molar-refractivity contribution in [2.45, 2.75) is 13.8 Å². The van der Waals surface area contributed by atoms with E-state index in [1.54, 1.807) is 19.1 Å². The molecule has 0 bridgehead atoms. The molecular weight excluding hydrogens is 284 g/mol. The summed E-state index contributed by atoms with van der Waals surface area (Å²) in [6, 6.07) is 5.50. The number of carbonyl (C=O) groups excluding carboxylic acids is 1. The van der Waals surface area contributed by atoms with Crippen LogP contribution in [0.25, 0.3) is 0 Å². The van der Waals surface area contributed by atoms with Gasteiger partial charge in [0.25, 0.3) is 5.91 Å². The number of halogens is 1. The first-order valence-electron chi connectivity index (χ1n) is 5.02. The van der Waals surface area contributed by atoms with Crippen LogP contribution in [-0.4, -0.2) is 21.1 Å². The number of aromatic nitrogens is 3. The SMILES string of the molecule is Cc1cc(Br)cc(C(=O)Nc2n[nH]c(C)n2)c1. The van der Waals surface area contributed by atoms with Crippen LogP contribution in [0.3, 0.4) is 0 Å². The standard InChI is InChI=1S/C11H11BrN4O/c1-6-3-8(5-9(12)4-6)10(17)14-11-13-7(2)15-16-11/h3-5H,1-2H3,(H2,13,14,15,16,17). The first kappa shape index (κ1) is 11.8. The molecule has 2 aromatic rings. The van der Waals surface area contributed by atoms with Gasteiger partial charge in [0.2, 0.25) is 5.95 Å². The molecule has 1 amide bonds. The molecule has 0 aliphatic carbocycles. The second-order valence-corrected chi connectivity index (χ2v) is 4.63. The van der Waals surface area contributed by atoms with Gasteiger partial charge in [-0.15, -0.1) is 5.10 Å². The molecule has 0 spiro atoms. The van der Waals surface area contributed by atoms with E-state index in [4.69, 9.17) is 0 Å². The van der Waals surface area contributed by atoms with Crippen molar-refractivity contribution in [1.29, 1.82) is 0 Å². The number of anilines is 1. The molecule has 2 rings (SSSR count). The smallest absolute Gasteiger partial charge is 0.258 e. The first-order valence-corrected chi connectivity index (χ1v) is 5.81. The second kappa shape index (κ2) is 4.67. The normalized spacial score (nSPS) is 10.3. The van der Waals surface area contributed by atoms with Crippen LogP contribution in [0.5, 0.6) is 0 Å². The van der Waals surface area contributed by atoms with Crippen LogP contribution >= 0.6 is 15.9 Å². The molecule has 17 heavy (non-hydrogen) atoms. The molecule has 0 aliphatic heterocycles. The molecule has 1 heterocycles. The van der Waals surface area contributed by atoms with Gasteiger partial charge in [0.1, 0.15) is 5.82 Å². The summed E-state index contributed by atoms with van der Waals surface area (Å²) in [6.07, 6.45) is 0. The summed E-state index contributed by atoms with van der Waals surface area (Å²) >= 11 is 3.35. The molecule has 0 unspecified atom stereocenters. The quantitative estimate of drug-likeness (QED) is 0.894. The van der Waals surface area contributed by atoms with E-state index in [0.29, 0.717) is 11.4 Å². The zero-order valence-corrected chi connectivity index (χ0v) is 11.0. The highest BCUT2D eigenvalue weighted by Gasteiger charge is 2.09. The Hall–Kier alpha value is -1.69. The monoisotopic (exact) mass is 294 g/mol. The van der Waals surface area contributed by atoms with Gasteiger partial charge >= 0.3 is 0 Å². The number of nitrogens with zero attached hydrogens (tertiary/aromatic N) is 2. The van der Waals surface area contributed by atoms with Crippen molar-refractivity contribution in [2.24, 2.45) is 0 Å². The number of nitrogens with one attached hydrogen (secondary N) is 2. The predicted molar refractivity (Wildman–Crippen MR) is 68.0 cm³/mol. The fourth-order valence-electron chi connectivity index (χ4n) is 1.44. The number of aromatic amines is 1. The molecule has 1 aromatic heterocycles. The molecule has 0 saturated heterocycles. The van der Waals surface area contributed by atoms with Crippen molar-refractivity contribution in [3.63, 3.8) is 0 Å². The van der Waals surface area contributed by atoms with E-state index >= 15 is 0 Å². The molecule has 0 fully saturated rings. The van der Waals surface area contributed by atoms with Gasteiger partial charge < -0.3 is 0 Å². The summed E-state index contributed by atoms with van der Waals surface area (Å²) in [5, 5.41) is 9.13. The van der Waals surface area contributed by atoms with Crippen molar-refractivity contribution < 1.29 is 4.79 Å². The molecule has 88 valence electrons. The minimum Gasteiger partial charge on any atom is -0.289 e. The average molecular weight is 295 g/mol. The van der Waals surface area contributed by atoms with Crippen molar-refractivity contribution in [3.8, 4) is 0 Å². The summed E-state index contributed by atoms with van der Waals surface area (Å²) in [5.41, 5.74) is 1.58. The van der Waals surface area contributed by atoms with Crippen molar-refractivity contribution in [2.75, 3.05) is 5.32 Å².